The van der Waals surface area contributed by atoms with Crippen LogP contribution < -0.4 is 10.2 Å². The van der Waals surface area contributed by atoms with Crippen LogP contribution in [0.3, 0.4) is 0 Å². The predicted molar refractivity (Wildman–Crippen MR) is 115 cm³/mol. The molecule has 1 aromatic carbocycles. The molecular formula is C20H26ClN5OS. The van der Waals surface area contributed by atoms with Crippen LogP contribution in [0.15, 0.2) is 35.5 Å². The second-order valence-corrected chi connectivity index (χ2v) is 8.35. The Morgan fingerprint density at radius 2 is 1.93 bits per heavy atom. The number of nitrogens with zero attached hydrogens (tertiary/aromatic N) is 4. The van der Waals surface area contributed by atoms with E-state index in [-0.39, 0.29) is 5.91 Å². The molecule has 0 saturated carbocycles. The molecule has 1 N–H and O–H groups in total. The zero-order chi connectivity index (χ0) is 19.9. The molecule has 2 aromatic rings. The number of likely N-dealkylation sites (tertiary alicyclic amines) is 1. The number of thioether (sulfide) groups is 1. The van der Waals surface area contributed by atoms with E-state index in [0.717, 1.165) is 31.0 Å². The molecule has 150 valence electrons. The highest BCUT2D eigenvalue weighted by atomic mass is 35.5. The van der Waals surface area contributed by atoms with Gasteiger partial charge < -0.3 is 15.1 Å². The highest BCUT2D eigenvalue weighted by Gasteiger charge is 2.12. The second kappa shape index (κ2) is 10.1. The van der Waals surface area contributed by atoms with Gasteiger partial charge in [0.15, 0.2) is 5.16 Å². The van der Waals surface area contributed by atoms with E-state index in [4.69, 9.17) is 11.6 Å². The number of aromatic nitrogens is 2. The van der Waals surface area contributed by atoms with Crippen molar-refractivity contribution in [2.45, 2.75) is 23.8 Å². The Morgan fingerprint density at radius 1 is 1.21 bits per heavy atom. The van der Waals surface area contributed by atoms with Crippen LogP contribution in [-0.4, -0.2) is 61.0 Å². The lowest BCUT2D eigenvalue weighted by atomic mass is 10.1. The maximum Gasteiger partial charge on any atom is 0.251 e. The summed E-state index contributed by atoms with van der Waals surface area (Å²) in [5, 5.41) is 4.07. The third-order valence-corrected chi connectivity index (χ3v) is 5.73. The molecule has 1 fully saturated rings. The number of amides is 1. The minimum Gasteiger partial charge on any atom is -0.363 e. The number of carbonyl (C=O) groups is 1. The van der Waals surface area contributed by atoms with Gasteiger partial charge in [-0.3, -0.25) is 4.79 Å². The first-order chi connectivity index (χ1) is 13.5. The van der Waals surface area contributed by atoms with Crippen molar-refractivity contribution < 1.29 is 4.79 Å². The summed E-state index contributed by atoms with van der Waals surface area (Å²) in [5.41, 5.74) is 1.79. The van der Waals surface area contributed by atoms with Gasteiger partial charge in [0, 0.05) is 44.6 Å². The van der Waals surface area contributed by atoms with Crippen molar-refractivity contribution in [3.8, 4) is 0 Å². The molecule has 6 nitrogen and oxygen atoms in total. The second-order valence-electron chi connectivity index (χ2n) is 7.02. The van der Waals surface area contributed by atoms with Crippen LogP contribution in [0.5, 0.6) is 0 Å². The van der Waals surface area contributed by atoms with Gasteiger partial charge in [-0.05, 0) is 43.6 Å². The van der Waals surface area contributed by atoms with Gasteiger partial charge in [0.1, 0.15) is 11.0 Å². The van der Waals surface area contributed by atoms with Crippen LogP contribution >= 0.6 is 23.4 Å². The third kappa shape index (κ3) is 6.09. The van der Waals surface area contributed by atoms with Gasteiger partial charge in [-0.2, -0.15) is 0 Å². The van der Waals surface area contributed by atoms with Crippen molar-refractivity contribution in [1.82, 2.24) is 20.2 Å². The van der Waals surface area contributed by atoms with E-state index >= 15 is 0 Å². The maximum absolute atomic E-state index is 12.3. The molecule has 2 heterocycles. The van der Waals surface area contributed by atoms with E-state index in [1.54, 1.807) is 6.07 Å². The number of benzene rings is 1. The number of nitrogens with one attached hydrogen (secondary N) is 1. The average Bonchev–Trinajstić information content (AvgIpc) is 3.20. The molecule has 28 heavy (non-hydrogen) atoms. The summed E-state index contributed by atoms with van der Waals surface area (Å²) in [6, 6.07) is 9.42. The molecule has 1 saturated heterocycles. The molecule has 8 heteroatoms. The summed E-state index contributed by atoms with van der Waals surface area (Å²) < 4.78 is 0. The van der Waals surface area contributed by atoms with Gasteiger partial charge in [0.2, 0.25) is 0 Å². The van der Waals surface area contributed by atoms with Crippen molar-refractivity contribution in [3.63, 3.8) is 0 Å². The van der Waals surface area contributed by atoms with E-state index < -0.39 is 0 Å². The molecule has 1 aliphatic heterocycles. The van der Waals surface area contributed by atoms with Crippen LogP contribution in [0.25, 0.3) is 0 Å². The summed E-state index contributed by atoms with van der Waals surface area (Å²) in [5.74, 6) is 1.47. The highest BCUT2D eigenvalue weighted by Crippen LogP contribution is 2.24. The first-order valence-electron chi connectivity index (χ1n) is 9.45. The lowest BCUT2D eigenvalue weighted by Gasteiger charge is -2.14. The molecule has 0 radical (unpaired) electrons. The normalized spacial score (nSPS) is 14.2. The minimum absolute atomic E-state index is 0.0211. The van der Waals surface area contributed by atoms with Crippen LogP contribution in [0.4, 0.5) is 5.82 Å². The number of hydrogen-bond acceptors (Lipinski definition) is 6. The van der Waals surface area contributed by atoms with E-state index in [0.29, 0.717) is 28.2 Å². The lowest BCUT2D eigenvalue weighted by molar-refractivity contribution is 0.0950. The Bertz CT molecular complexity index is 794. The molecule has 1 aliphatic rings. The Balaban J connectivity index is 1.49. The van der Waals surface area contributed by atoms with Gasteiger partial charge in [0.05, 0.1) is 0 Å². The smallest absolute Gasteiger partial charge is 0.251 e. The average molecular weight is 420 g/mol. The van der Waals surface area contributed by atoms with Gasteiger partial charge in [0.25, 0.3) is 5.91 Å². The minimum atomic E-state index is -0.0211. The zero-order valence-electron chi connectivity index (χ0n) is 16.3. The zero-order valence-corrected chi connectivity index (χ0v) is 17.9. The molecule has 0 atom stereocenters. The molecule has 3 rings (SSSR count). The molecule has 0 aliphatic carbocycles. The Labute approximate surface area is 175 Å². The number of carbonyl (C=O) groups excluding carboxylic acids is 1. The van der Waals surface area contributed by atoms with Crippen molar-refractivity contribution >= 4 is 35.1 Å². The van der Waals surface area contributed by atoms with E-state index in [9.17, 15) is 4.79 Å². The lowest BCUT2D eigenvalue weighted by Crippen LogP contribution is -2.33. The van der Waals surface area contributed by atoms with Crippen LogP contribution in [0.1, 0.15) is 28.8 Å². The Hall–Kier alpha value is -1.83. The fraction of sp³-hybridized carbons (Fsp3) is 0.450. The Morgan fingerprint density at radius 3 is 2.61 bits per heavy atom. The molecule has 0 spiro atoms. The van der Waals surface area contributed by atoms with Crippen LogP contribution in [0, 0.1) is 0 Å². The summed E-state index contributed by atoms with van der Waals surface area (Å²) >= 11 is 7.60. The number of hydrogen-bond donors (Lipinski definition) is 1. The fourth-order valence-electron chi connectivity index (χ4n) is 3.02. The van der Waals surface area contributed by atoms with E-state index in [1.807, 2.05) is 43.3 Å². The molecule has 1 aromatic heterocycles. The highest BCUT2D eigenvalue weighted by molar-refractivity contribution is 7.98. The third-order valence-electron chi connectivity index (χ3n) is 4.62. The van der Waals surface area contributed by atoms with Gasteiger partial charge in [-0.1, -0.05) is 35.5 Å². The SMILES string of the molecule is CN(C)c1cc(Cl)nc(SCc2ccc(C(=O)NCCN3CCCC3)cc2)n1. The molecule has 0 unspecified atom stereocenters. The van der Waals surface area contributed by atoms with Crippen LogP contribution in [-0.2, 0) is 5.75 Å². The summed E-state index contributed by atoms with van der Waals surface area (Å²) in [7, 11) is 3.84. The van der Waals surface area contributed by atoms with Gasteiger partial charge >= 0.3 is 0 Å². The summed E-state index contributed by atoms with van der Waals surface area (Å²) in [6.07, 6.45) is 2.54. The van der Waals surface area contributed by atoms with Gasteiger partial charge in [-0.15, -0.1) is 0 Å². The van der Waals surface area contributed by atoms with Crippen molar-refractivity contribution in [2.24, 2.45) is 0 Å². The molecule has 0 bridgehead atoms. The number of halogens is 1. The molecular weight excluding hydrogens is 394 g/mol. The summed E-state index contributed by atoms with van der Waals surface area (Å²) in [6.45, 7) is 3.91. The Kier molecular flexibility index (Phi) is 7.53. The molecule has 1 amide bonds. The van der Waals surface area contributed by atoms with E-state index in [1.165, 1.54) is 24.6 Å². The summed E-state index contributed by atoms with van der Waals surface area (Å²) in [4.78, 5) is 25.3. The monoisotopic (exact) mass is 419 g/mol. The number of anilines is 1. The van der Waals surface area contributed by atoms with Crippen molar-refractivity contribution in [2.75, 3.05) is 45.2 Å². The maximum atomic E-state index is 12.3. The predicted octanol–water partition coefficient (Wildman–Crippen LogP) is 3.31. The first kappa shape index (κ1) is 20.9. The van der Waals surface area contributed by atoms with E-state index in [2.05, 4.69) is 20.2 Å². The van der Waals surface area contributed by atoms with Gasteiger partial charge in [-0.25, -0.2) is 9.97 Å². The largest absolute Gasteiger partial charge is 0.363 e. The topological polar surface area (TPSA) is 61.4 Å². The fourth-order valence-corrected chi connectivity index (χ4v) is 4.05. The number of rotatable bonds is 8. The van der Waals surface area contributed by atoms with Crippen molar-refractivity contribution in [1.29, 1.82) is 0 Å². The standard InChI is InChI=1S/C20H26ClN5OS/c1-25(2)18-13-17(21)23-20(24-18)28-14-15-5-7-16(8-6-15)19(27)22-9-12-26-10-3-4-11-26/h5-8,13H,3-4,9-12,14H2,1-2H3,(H,22,27). The quantitative estimate of drug-likeness (QED) is 0.402. The van der Waals surface area contributed by atoms with Crippen molar-refractivity contribution in [3.05, 3.63) is 46.6 Å². The van der Waals surface area contributed by atoms with Crippen LogP contribution in [0.2, 0.25) is 5.15 Å². The first-order valence-corrected chi connectivity index (χ1v) is 10.8.